The molecule has 0 amide bonds. The second kappa shape index (κ2) is 15.3. The normalized spacial score (nSPS) is 15.8. The molecule has 0 atom stereocenters. The molecule has 2 aliphatic heterocycles. The third-order valence-electron chi connectivity index (χ3n) is 16.1. The van der Waals surface area contributed by atoms with E-state index in [-0.39, 0.29) is 28.4 Å². The molecular formula is C65H63BN2S. The number of anilines is 6. The van der Waals surface area contributed by atoms with Crippen molar-refractivity contribution in [1.82, 2.24) is 0 Å². The lowest BCUT2D eigenvalue weighted by Gasteiger charge is -2.48. The zero-order valence-corrected chi connectivity index (χ0v) is 43.1. The maximum atomic E-state index is 2.68. The summed E-state index contributed by atoms with van der Waals surface area (Å²) in [5.41, 5.74) is 23.5. The molecule has 2 nitrogen and oxygen atoms in total. The number of thiophene rings is 1. The van der Waals surface area contributed by atoms with Crippen LogP contribution in [0, 0.1) is 6.92 Å². The number of nitrogens with zero attached hydrogens (tertiary/aromatic N) is 2. The first-order chi connectivity index (χ1) is 32.9. The van der Waals surface area contributed by atoms with E-state index in [4.69, 9.17) is 0 Å². The minimum Gasteiger partial charge on any atom is -0.311 e. The maximum absolute atomic E-state index is 2.68. The Labute approximate surface area is 414 Å². The first-order valence-electron chi connectivity index (χ1n) is 25.2. The van der Waals surface area contributed by atoms with Crippen LogP contribution in [0.3, 0.4) is 0 Å². The highest BCUT2D eigenvalue weighted by Crippen LogP contribution is 2.53. The van der Waals surface area contributed by atoms with Crippen molar-refractivity contribution in [3.63, 3.8) is 0 Å². The zero-order chi connectivity index (χ0) is 47.9. The van der Waals surface area contributed by atoms with Gasteiger partial charge in [0.25, 0.3) is 6.71 Å². The van der Waals surface area contributed by atoms with Gasteiger partial charge in [0.2, 0.25) is 0 Å². The number of fused-ring (bicyclic) bond motifs is 8. The monoisotopic (exact) mass is 914 g/mol. The maximum Gasteiger partial charge on any atom is 0.252 e. The Bertz CT molecular complexity index is 3550. The van der Waals surface area contributed by atoms with Crippen LogP contribution >= 0.6 is 11.3 Å². The minimum absolute atomic E-state index is 0.0127. The lowest BCUT2D eigenvalue weighted by atomic mass is 9.33. The zero-order valence-electron chi connectivity index (χ0n) is 42.3. The lowest BCUT2D eigenvalue weighted by Crippen LogP contribution is -2.62. The van der Waals surface area contributed by atoms with Gasteiger partial charge in [-0.1, -0.05) is 172 Å². The average molecular weight is 915 g/mol. The standard InChI is InChI=1S/C65H63BN2S/c1-40-32-44(62(2,3)4)26-28-53(40)67-56-38-50-49(64(8,9)30-31-65(50,10)11)37-51(56)66-52-39-60-48(47-35-45(63(5,6)7)27-29-59(47)69-60)36-55(52)68(54-25-19-18-24-46(54)42-22-16-13-17-23-42)58-34-43(33-57(67)61(58)66)41-20-14-12-15-21-41/h12-29,32-39H,30-31H2,1-11H3. The second-order valence-corrected chi connectivity index (χ2v) is 24.8. The van der Waals surface area contributed by atoms with Crippen molar-refractivity contribution < 1.29 is 0 Å². The van der Waals surface area contributed by atoms with E-state index in [2.05, 4.69) is 244 Å². The summed E-state index contributed by atoms with van der Waals surface area (Å²) in [6.45, 7) is 26.2. The van der Waals surface area contributed by atoms with Crippen molar-refractivity contribution in [3.05, 3.63) is 186 Å². The molecule has 69 heavy (non-hydrogen) atoms. The molecule has 4 heteroatoms. The first-order valence-corrected chi connectivity index (χ1v) is 26.0. The van der Waals surface area contributed by atoms with Gasteiger partial charge in [0.05, 0.1) is 5.69 Å². The molecule has 12 rings (SSSR count). The van der Waals surface area contributed by atoms with Crippen molar-refractivity contribution in [2.75, 3.05) is 9.80 Å². The minimum atomic E-state index is -0.0127. The third-order valence-corrected chi connectivity index (χ3v) is 17.3. The summed E-state index contributed by atoms with van der Waals surface area (Å²) in [5, 5.41) is 2.67. The van der Waals surface area contributed by atoms with Gasteiger partial charge in [-0.25, -0.2) is 0 Å². The molecule has 0 radical (unpaired) electrons. The van der Waals surface area contributed by atoms with Gasteiger partial charge < -0.3 is 9.80 Å². The Kier molecular flexibility index (Phi) is 9.75. The fourth-order valence-corrected chi connectivity index (χ4v) is 13.1. The van der Waals surface area contributed by atoms with Crippen LogP contribution in [0.2, 0.25) is 0 Å². The highest BCUT2D eigenvalue weighted by Gasteiger charge is 2.47. The number of rotatable bonds is 4. The topological polar surface area (TPSA) is 6.48 Å². The van der Waals surface area contributed by atoms with Gasteiger partial charge in [-0.2, -0.15) is 0 Å². The number of benzene rings is 8. The molecule has 1 aromatic heterocycles. The Morgan fingerprint density at radius 3 is 1.64 bits per heavy atom. The Morgan fingerprint density at radius 2 is 0.986 bits per heavy atom. The van der Waals surface area contributed by atoms with Gasteiger partial charge in [-0.15, -0.1) is 11.3 Å². The molecule has 0 unspecified atom stereocenters. The van der Waals surface area contributed by atoms with Crippen LogP contribution in [-0.2, 0) is 21.7 Å². The fraction of sp³-hybridized carbons (Fsp3) is 0.262. The smallest absolute Gasteiger partial charge is 0.252 e. The molecule has 0 saturated carbocycles. The van der Waals surface area contributed by atoms with Crippen LogP contribution in [0.1, 0.15) is 110 Å². The Morgan fingerprint density at radius 1 is 0.449 bits per heavy atom. The fourth-order valence-electron chi connectivity index (χ4n) is 12.0. The first kappa shape index (κ1) is 43.9. The SMILES string of the molecule is Cc1cc(C(C)(C)C)ccc1N1c2cc3c(cc2B2c4cc5sc6ccc(C(C)(C)C)cc6c5cc4N(c4ccccc4-c4ccccc4)c4cc(-c5ccccc5)cc1c42)C(C)(C)CCC3(C)C. The molecule has 0 bridgehead atoms. The lowest BCUT2D eigenvalue weighted by molar-refractivity contribution is 0.332. The van der Waals surface area contributed by atoms with E-state index in [9.17, 15) is 0 Å². The van der Waals surface area contributed by atoms with E-state index in [1.54, 1.807) is 0 Å². The molecule has 3 heterocycles. The van der Waals surface area contributed by atoms with Crippen molar-refractivity contribution in [2.45, 2.75) is 111 Å². The molecule has 0 fully saturated rings. The predicted molar refractivity (Wildman–Crippen MR) is 302 cm³/mol. The van der Waals surface area contributed by atoms with E-state index >= 15 is 0 Å². The molecule has 3 aliphatic rings. The van der Waals surface area contributed by atoms with Crippen LogP contribution in [0.15, 0.2) is 158 Å². The largest absolute Gasteiger partial charge is 0.311 e. The quantitative estimate of drug-likeness (QED) is 0.162. The van der Waals surface area contributed by atoms with Crippen LogP contribution < -0.4 is 26.2 Å². The van der Waals surface area contributed by atoms with Crippen molar-refractivity contribution >= 4 is 88.7 Å². The molecule has 0 N–H and O–H groups in total. The van der Waals surface area contributed by atoms with Crippen molar-refractivity contribution in [2.24, 2.45) is 0 Å². The van der Waals surface area contributed by atoms with Gasteiger partial charge in [0.1, 0.15) is 0 Å². The number of hydrogen-bond donors (Lipinski definition) is 0. The highest BCUT2D eigenvalue weighted by molar-refractivity contribution is 7.26. The van der Waals surface area contributed by atoms with Crippen molar-refractivity contribution in [3.8, 4) is 22.3 Å². The average Bonchev–Trinajstić information content (AvgIpc) is 3.69. The van der Waals surface area contributed by atoms with E-state index in [0.717, 1.165) is 12.8 Å². The van der Waals surface area contributed by atoms with E-state index in [1.165, 1.54) is 121 Å². The number of aryl methyl sites for hydroxylation is 1. The van der Waals surface area contributed by atoms with Gasteiger partial charge in [-0.3, -0.25) is 0 Å². The Balaban J connectivity index is 1.26. The molecule has 8 aromatic carbocycles. The predicted octanol–water partition coefficient (Wildman–Crippen LogP) is 16.7. The number of para-hydroxylation sites is 1. The van der Waals surface area contributed by atoms with Gasteiger partial charge in [0, 0.05) is 54.2 Å². The summed E-state index contributed by atoms with van der Waals surface area (Å²) in [7, 11) is 0. The summed E-state index contributed by atoms with van der Waals surface area (Å²) >= 11 is 1.94. The van der Waals surface area contributed by atoms with Crippen LogP contribution in [0.4, 0.5) is 34.1 Å². The Hall–Kier alpha value is -6.36. The molecular weight excluding hydrogens is 852 g/mol. The summed E-state index contributed by atoms with van der Waals surface area (Å²) in [6.07, 6.45) is 2.32. The molecule has 9 aromatic rings. The van der Waals surface area contributed by atoms with Crippen molar-refractivity contribution in [1.29, 1.82) is 0 Å². The van der Waals surface area contributed by atoms with E-state index in [1.807, 2.05) is 11.3 Å². The van der Waals surface area contributed by atoms with E-state index < -0.39 is 0 Å². The summed E-state index contributed by atoms with van der Waals surface area (Å²) in [4.78, 5) is 5.33. The van der Waals surface area contributed by atoms with E-state index in [0.29, 0.717) is 0 Å². The summed E-state index contributed by atoms with van der Waals surface area (Å²) < 4.78 is 2.68. The molecule has 1 aliphatic carbocycles. The second-order valence-electron chi connectivity index (χ2n) is 23.7. The van der Waals surface area contributed by atoms with Crippen LogP contribution in [0.25, 0.3) is 42.4 Å². The van der Waals surface area contributed by atoms with Crippen LogP contribution in [0.5, 0.6) is 0 Å². The van der Waals surface area contributed by atoms with Gasteiger partial charge >= 0.3 is 0 Å². The van der Waals surface area contributed by atoms with Gasteiger partial charge in [-0.05, 0) is 157 Å². The summed E-state index contributed by atoms with van der Waals surface area (Å²) in [6, 6.07) is 61.1. The summed E-state index contributed by atoms with van der Waals surface area (Å²) in [5.74, 6) is 0. The third kappa shape index (κ3) is 6.95. The molecule has 0 spiro atoms. The highest BCUT2D eigenvalue weighted by atomic mass is 32.1. The molecule has 342 valence electrons. The number of hydrogen-bond acceptors (Lipinski definition) is 3. The van der Waals surface area contributed by atoms with Gasteiger partial charge in [0.15, 0.2) is 0 Å². The molecule has 0 saturated heterocycles. The van der Waals surface area contributed by atoms with Crippen LogP contribution in [-0.4, -0.2) is 6.71 Å².